The maximum atomic E-state index is 13.0. The molecule has 2 aromatic rings. The molecule has 112 valence electrons. The molecule has 1 N–H and O–H groups in total. The molecule has 0 unspecified atom stereocenters. The van der Waals surface area contributed by atoms with Crippen molar-refractivity contribution in [2.75, 3.05) is 5.32 Å². The smallest absolute Gasteiger partial charge is 0.272 e. The van der Waals surface area contributed by atoms with Gasteiger partial charge in [0.1, 0.15) is 11.6 Å². The maximum absolute atomic E-state index is 13.0. The van der Waals surface area contributed by atoms with Gasteiger partial charge in [-0.1, -0.05) is 23.4 Å². The number of carbonyl (C=O) groups is 1. The van der Waals surface area contributed by atoms with Crippen LogP contribution in [0.4, 0.5) is 10.2 Å². The zero-order valence-corrected chi connectivity index (χ0v) is 11.9. The van der Waals surface area contributed by atoms with Gasteiger partial charge < -0.3 is 10.2 Å². The second-order valence-corrected chi connectivity index (χ2v) is 5.21. The molecule has 0 saturated carbocycles. The average Bonchev–Trinajstić information content (AvgIpc) is 2.93. The Balaban J connectivity index is 1.71. The van der Waals surface area contributed by atoms with Crippen molar-refractivity contribution >= 4 is 17.4 Å². The van der Waals surface area contributed by atoms with Gasteiger partial charge in [-0.05, 0) is 36.8 Å². The van der Waals surface area contributed by atoms with Crippen molar-refractivity contribution in [1.29, 1.82) is 0 Å². The first-order valence-electron chi connectivity index (χ1n) is 6.80. The molecule has 6 heteroatoms. The van der Waals surface area contributed by atoms with Gasteiger partial charge in [0.25, 0.3) is 5.91 Å². The van der Waals surface area contributed by atoms with Gasteiger partial charge in [0.15, 0.2) is 0 Å². The van der Waals surface area contributed by atoms with Gasteiger partial charge in [0, 0.05) is 12.6 Å². The molecule has 3 rings (SSSR count). The van der Waals surface area contributed by atoms with Crippen LogP contribution in [0, 0.1) is 5.82 Å². The van der Waals surface area contributed by atoms with E-state index in [9.17, 15) is 9.18 Å². The van der Waals surface area contributed by atoms with E-state index in [4.69, 9.17) is 4.84 Å². The van der Waals surface area contributed by atoms with Crippen molar-refractivity contribution in [2.45, 2.75) is 18.9 Å². The third kappa shape index (κ3) is 2.81. The fourth-order valence-corrected chi connectivity index (χ4v) is 2.14. The van der Waals surface area contributed by atoms with Crippen LogP contribution >= 0.6 is 0 Å². The number of nitrogens with one attached hydrogen (secondary N) is 1. The molecular weight excluding hydrogens is 285 g/mol. The zero-order valence-electron chi connectivity index (χ0n) is 11.9. The molecule has 2 heterocycles. The van der Waals surface area contributed by atoms with E-state index in [1.54, 1.807) is 43.5 Å². The van der Waals surface area contributed by atoms with E-state index in [-0.39, 0.29) is 11.7 Å². The normalized spacial score (nSPS) is 20.2. The minimum atomic E-state index is -1.11. The molecule has 0 radical (unpaired) electrons. The summed E-state index contributed by atoms with van der Waals surface area (Å²) in [5.74, 6) is -0.196. The number of rotatable bonds is 3. The van der Waals surface area contributed by atoms with Gasteiger partial charge >= 0.3 is 0 Å². The van der Waals surface area contributed by atoms with Crippen LogP contribution in [0.25, 0.3) is 0 Å². The molecule has 0 fully saturated rings. The molecule has 5 nitrogen and oxygen atoms in total. The van der Waals surface area contributed by atoms with Gasteiger partial charge in [0.2, 0.25) is 5.60 Å². The summed E-state index contributed by atoms with van der Waals surface area (Å²) in [6.45, 7) is 1.66. The first-order chi connectivity index (χ1) is 10.6. The number of halogens is 1. The van der Waals surface area contributed by atoms with E-state index in [2.05, 4.69) is 15.5 Å². The zero-order chi connectivity index (χ0) is 15.6. The average molecular weight is 299 g/mol. The first-order valence-corrected chi connectivity index (χ1v) is 6.80. The summed E-state index contributed by atoms with van der Waals surface area (Å²) in [6, 6.07) is 11.2. The predicted molar refractivity (Wildman–Crippen MR) is 79.9 cm³/mol. The van der Waals surface area contributed by atoms with Crippen molar-refractivity contribution in [3.63, 3.8) is 0 Å². The third-order valence-corrected chi connectivity index (χ3v) is 3.43. The third-order valence-electron chi connectivity index (χ3n) is 3.43. The van der Waals surface area contributed by atoms with Crippen LogP contribution in [-0.4, -0.2) is 22.2 Å². The summed E-state index contributed by atoms with van der Waals surface area (Å²) < 4.78 is 13.0. The Hall–Kier alpha value is -2.76. The van der Waals surface area contributed by atoms with Gasteiger partial charge in [-0.2, -0.15) is 0 Å². The van der Waals surface area contributed by atoms with Crippen LogP contribution < -0.4 is 5.32 Å². The summed E-state index contributed by atoms with van der Waals surface area (Å²) in [7, 11) is 0. The number of aromatic nitrogens is 1. The standard InChI is InChI=1S/C16H14FN3O2/c1-16(15(21)19-14-4-2-3-9-18-14)10-13(20-22-16)11-5-7-12(17)8-6-11/h2-9H,10H2,1H3,(H,18,19,21)/t16-/m0/s1. The highest BCUT2D eigenvalue weighted by Crippen LogP contribution is 2.27. The van der Waals surface area contributed by atoms with Gasteiger partial charge in [-0.15, -0.1) is 0 Å². The SMILES string of the molecule is C[C@@]1(C(=O)Nc2ccccn2)CC(c2ccc(F)cc2)=NO1. The van der Waals surface area contributed by atoms with Crippen molar-refractivity contribution < 1.29 is 14.0 Å². The Kier molecular flexibility index (Phi) is 3.58. The van der Waals surface area contributed by atoms with E-state index in [1.807, 2.05) is 0 Å². The Labute approximate surface area is 126 Å². The fraction of sp³-hybridized carbons (Fsp3) is 0.188. The summed E-state index contributed by atoms with van der Waals surface area (Å²) in [4.78, 5) is 21.7. The molecular formula is C16H14FN3O2. The molecule has 1 aromatic carbocycles. The van der Waals surface area contributed by atoms with E-state index < -0.39 is 5.60 Å². The van der Waals surface area contributed by atoms with Gasteiger partial charge in [-0.3, -0.25) is 4.79 Å². The first kappa shape index (κ1) is 14.2. The lowest BCUT2D eigenvalue weighted by Gasteiger charge is -2.19. The number of amides is 1. The highest BCUT2D eigenvalue weighted by Gasteiger charge is 2.42. The number of pyridine rings is 1. The van der Waals surface area contributed by atoms with E-state index in [0.717, 1.165) is 5.56 Å². The Bertz CT molecular complexity index is 716. The number of carbonyl (C=O) groups excluding carboxylic acids is 1. The highest BCUT2D eigenvalue weighted by molar-refractivity contribution is 6.07. The van der Waals surface area contributed by atoms with E-state index in [1.165, 1.54) is 12.1 Å². The van der Waals surface area contributed by atoms with Crippen molar-refractivity contribution in [1.82, 2.24) is 4.98 Å². The predicted octanol–water partition coefficient (Wildman–Crippen LogP) is 2.74. The number of hydrogen-bond acceptors (Lipinski definition) is 4. The number of benzene rings is 1. The molecule has 1 aromatic heterocycles. The number of anilines is 1. The van der Waals surface area contributed by atoms with Crippen LogP contribution in [0.15, 0.2) is 53.8 Å². The van der Waals surface area contributed by atoms with Crippen LogP contribution in [0.3, 0.4) is 0 Å². The Morgan fingerprint density at radius 2 is 2.05 bits per heavy atom. The van der Waals surface area contributed by atoms with Crippen molar-refractivity contribution in [3.05, 3.63) is 60.0 Å². The lowest BCUT2D eigenvalue weighted by atomic mass is 9.95. The van der Waals surface area contributed by atoms with Crippen LogP contribution in [0.1, 0.15) is 18.9 Å². The monoisotopic (exact) mass is 299 g/mol. The Morgan fingerprint density at radius 3 is 2.73 bits per heavy atom. The minimum Gasteiger partial charge on any atom is -0.379 e. The molecule has 0 aliphatic carbocycles. The summed E-state index contributed by atoms with van der Waals surface area (Å²) in [5, 5.41) is 6.66. The Morgan fingerprint density at radius 1 is 1.27 bits per heavy atom. The number of hydrogen-bond donors (Lipinski definition) is 1. The van der Waals surface area contributed by atoms with E-state index in [0.29, 0.717) is 18.0 Å². The lowest BCUT2D eigenvalue weighted by molar-refractivity contribution is -0.135. The van der Waals surface area contributed by atoms with Gasteiger partial charge in [-0.25, -0.2) is 9.37 Å². The second-order valence-electron chi connectivity index (χ2n) is 5.21. The van der Waals surface area contributed by atoms with Crippen LogP contribution in [-0.2, 0) is 9.63 Å². The second kappa shape index (κ2) is 5.55. The summed E-state index contributed by atoms with van der Waals surface area (Å²) in [5.41, 5.74) is 0.232. The molecule has 0 saturated heterocycles. The molecule has 1 atom stereocenters. The summed E-state index contributed by atoms with van der Waals surface area (Å²) >= 11 is 0. The van der Waals surface area contributed by atoms with Crippen molar-refractivity contribution in [2.24, 2.45) is 5.16 Å². The summed E-state index contributed by atoms with van der Waals surface area (Å²) in [6.07, 6.45) is 1.89. The topological polar surface area (TPSA) is 63.6 Å². The van der Waals surface area contributed by atoms with Gasteiger partial charge in [0.05, 0.1) is 5.71 Å². The molecule has 1 amide bonds. The highest BCUT2D eigenvalue weighted by atomic mass is 19.1. The fourth-order valence-electron chi connectivity index (χ4n) is 2.14. The van der Waals surface area contributed by atoms with Crippen LogP contribution in [0.2, 0.25) is 0 Å². The molecule has 0 bridgehead atoms. The van der Waals surface area contributed by atoms with Crippen molar-refractivity contribution in [3.8, 4) is 0 Å². The largest absolute Gasteiger partial charge is 0.379 e. The molecule has 22 heavy (non-hydrogen) atoms. The quantitative estimate of drug-likeness (QED) is 0.948. The number of nitrogens with zero attached hydrogens (tertiary/aromatic N) is 2. The number of oxime groups is 1. The molecule has 1 aliphatic rings. The van der Waals surface area contributed by atoms with E-state index >= 15 is 0 Å². The minimum absolute atomic E-state index is 0.303. The maximum Gasteiger partial charge on any atom is 0.272 e. The lowest BCUT2D eigenvalue weighted by Crippen LogP contribution is -2.40. The van der Waals surface area contributed by atoms with Crippen LogP contribution in [0.5, 0.6) is 0 Å². The molecule has 1 aliphatic heterocycles. The molecule has 0 spiro atoms.